The molecule has 3 atom stereocenters. The first-order chi connectivity index (χ1) is 15.8. The van der Waals surface area contributed by atoms with E-state index >= 15 is 0 Å². The normalized spacial score (nSPS) is 20.2. The van der Waals surface area contributed by atoms with E-state index in [9.17, 15) is 18.0 Å². The SMILES string of the molecule is COc1ccc2c(c1OC)[C@@H](C=O)[C@@H](CC(C)=O)[C@H](N(CCBr)S(=O)(=O)c1ccccc1)C2. The number of methoxy groups -OCH3 is 2. The van der Waals surface area contributed by atoms with E-state index < -0.39 is 27.9 Å². The molecule has 0 unspecified atom stereocenters. The van der Waals surface area contributed by atoms with Gasteiger partial charge >= 0.3 is 0 Å². The lowest BCUT2D eigenvalue weighted by atomic mass is 9.70. The van der Waals surface area contributed by atoms with Gasteiger partial charge in [0.1, 0.15) is 12.1 Å². The summed E-state index contributed by atoms with van der Waals surface area (Å²) in [6.45, 7) is 1.66. The highest BCUT2D eigenvalue weighted by atomic mass is 79.9. The van der Waals surface area contributed by atoms with Gasteiger partial charge in [0.2, 0.25) is 10.0 Å². The van der Waals surface area contributed by atoms with Crippen LogP contribution in [0.15, 0.2) is 47.4 Å². The summed E-state index contributed by atoms with van der Waals surface area (Å²) in [5.41, 5.74) is 1.46. The predicted molar refractivity (Wildman–Crippen MR) is 129 cm³/mol. The van der Waals surface area contributed by atoms with E-state index in [0.29, 0.717) is 28.8 Å². The van der Waals surface area contributed by atoms with E-state index in [-0.39, 0.29) is 23.6 Å². The van der Waals surface area contributed by atoms with Crippen molar-refractivity contribution in [2.24, 2.45) is 5.92 Å². The van der Waals surface area contributed by atoms with Crippen molar-refractivity contribution in [1.82, 2.24) is 4.31 Å². The number of hydrogen-bond acceptors (Lipinski definition) is 6. The average Bonchev–Trinajstić information content (AvgIpc) is 2.81. The first-order valence-electron chi connectivity index (χ1n) is 10.6. The number of ether oxygens (including phenoxy) is 2. The second-order valence-corrected chi connectivity index (χ2v) is 10.7. The zero-order chi connectivity index (χ0) is 24.2. The fourth-order valence-corrected chi connectivity index (χ4v) is 7.03. The number of fused-ring (bicyclic) bond motifs is 1. The average molecular weight is 538 g/mol. The Morgan fingerprint density at radius 2 is 1.85 bits per heavy atom. The number of Topliss-reactive ketones (excluding diaryl/α,β-unsaturated/α-hetero) is 1. The van der Waals surface area contributed by atoms with Gasteiger partial charge in [-0.15, -0.1) is 0 Å². The lowest BCUT2D eigenvalue weighted by Gasteiger charge is -2.42. The van der Waals surface area contributed by atoms with Crippen LogP contribution in [0, 0.1) is 5.92 Å². The number of carbonyl (C=O) groups excluding carboxylic acids is 2. The Morgan fingerprint density at radius 1 is 1.15 bits per heavy atom. The fraction of sp³-hybridized carbons (Fsp3) is 0.417. The van der Waals surface area contributed by atoms with E-state index in [0.717, 1.165) is 11.8 Å². The van der Waals surface area contributed by atoms with Gasteiger partial charge in [0.05, 0.1) is 19.1 Å². The number of benzene rings is 2. The number of aldehydes is 1. The summed E-state index contributed by atoms with van der Waals surface area (Å²) < 4.78 is 39.8. The molecule has 0 amide bonds. The Bertz CT molecular complexity index is 1110. The van der Waals surface area contributed by atoms with Crippen molar-refractivity contribution in [3.63, 3.8) is 0 Å². The minimum atomic E-state index is -3.87. The molecule has 9 heteroatoms. The standard InChI is InChI=1S/C24H28BrNO6S/c1-16(28)13-19-20(15-27)23-17(9-10-22(31-2)24(23)32-3)14-21(19)26(12-11-25)33(29,30)18-7-5-4-6-8-18/h4-10,15,19-21H,11-14H2,1-3H3/t19-,20+,21-/m1/s1. The quantitative estimate of drug-likeness (QED) is 0.339. The lowest BCUT2D eigenvalue weighted by molar-refractivity contribution is -0.119. The van der Waals surface area contributed by atoms with Crippen LogP contribution in [0.5, 0.6) is 11.5 Å². The maximum Gasteiger partial charge on any atom is 0.243 e. The van der Waals surface area contributed by atoms with Gasteiger partial charge in [-0.1, -0.05) is 40.2 Å². The molecule has 2 aromatic carbocycles. The monoisotopic (exact) mass is 537 g/mol. The van der Waals surface area contributed by atoms with Crippen molar-refractivity contribution in [3.8, 4) is 11.5 Å². The molecule has 0 saturated heterocycles. The lowest BCUT2D eigenvalue weighted by Crippen LogP contribution is -2.51. The van der Waals surface area contributed by atoms with Gasteiger partial charge in [0.25, 0.3) is 0 Å². The molecule has 0 aliphatic heterocycles. The summed E-state index contributed by atoms with van der Waals surface area (Å²) in [5, 5.41) is 0.410. The summed E-state index contributed by atoms with van der Waals surface area (Å²) in [6.07, 6.45) is 1.20. The van der Waals surface area contributed by atoms with Crippen LogP contribution in [-0.4, -0.2) is 56.9 Å². The van der Waals surface area contributed by atoms with Crippen LogP contribution in [-0.2, 0) is 26.0 Å². The number of carbonyl (C=O) groups is 2. The van der Waals surface area contributed by atoms with Gasteiger partial charge in [-0.3, -0.25) is 0 Å². The van der Waals surface area contributed by atoms with Crippen molar-refractivity contribution in [1.29, 1.82) is 0 Å². The molecule has 0 fully saturated rings. The zero-order valence-corrected chi connectivity index (χ0v) is 21.3. The number of hydrogen-bond donors (Lipinski definition) is 0. The Labute approximate surface area is 203 Å². The molecule has 0 spiro atoms. The fourth-order valence-electron chi connectivity index (χ4n) is 4.72. The summed E-state index contributed by atoms with van der Waals surface area (Å²) >= 11 is 3.38. The molecule has 3 rings (SSSR count). The molecule has 33 heavy (non-hydrogen) atoms. The molecule has 7 nitrogen and oxygen atoms in total. The van der Waals surface area contributed by atoms with Crippen molar-refractivity contribution in [3.05, 3.63) is 53.6 Å². The zero-order valence-electron chi connectivity index (χ0n) is 18.9. The second kappa shape index (κ2) is 10.8. The van der Waals surface area contributed by atoms with Gasteiger partial charge in [-0.25, -0.2) is 8.42 Å². The van der Waals surface area contributed by atoms with Crippen molar-refractivity contribution in [2.45, 2.75) is 36.6 Å². The number of alkyl halides is 1. The summed E-state index contributed by atoms with van der Waals surface area (Å²) in [4.78, 5) is 24.9. The molecule has 2 aromatic rings. The Morgan fingerprint density at radius 3 is 2.39 bits per heavy atom. The molecular weight excluding hydrogens is 510 g/mol. The largest absolute Gasteiger partial charge is 0.493 e. The molecule has 0 N–H and O–H groups in total. The maximum atomic E-state index is 13.7. The van der Waals surface area contributed by atoms with Gasteiger partial charge in [-0.2, -0.15) is 4.31 Å². The van der Waals surface area contributed by atoms with Gasteiger partial charge in [0, 0.05) is 35.8 Å². The molecule has 1 aliphatic rings. The third-order valence-corrected chi connectivity index (χ3v) is 8.38. The first-order valence-corrected chi connectivity index (χ1v) is 13.2. The topological polar surface area (TPSA) is 90.0 Å². The van der Waals surface area contributed by atoms with E-state index in [4.69, 9.17) is 9.47 Å². The predicted octanol–water partition coefficient (Wildman–Crippen LogP) is 3.59. The van der Waals surface area contributed by atoms with Crippen LogP contribution in [0.4, 0.5) is 0 Å². The van der Waals surface area contributed by atoms with Crippen LogP contribution >= 0.6 is 15.9 Å². The second-order valence-electron chi connectivity index (χ2n) is 7.99. The highest BCUT2D eigenvalue weighted by molar-refractivity contribution is 9.09. The van der Waals surface area contributed by atoms with Crippen molar-refractivity contribution < 1.29 is 27.5 Å². The van der Waals surface area contributed by atoms with E-state index in [1.807, 2.05) is 6.07 Å². The van der Waals surface area contributed by atoms with Crippen molar-refractivity contribution >= 4 is 38.0 Å². The van der Waals surface area contributed by atoms with Crippen molar-refractivity contribution in [2.75, 3.05) is 26.1 Å². The molecule has 0 heterocycles. The van der Waals surface area contributed by atoms with Gasteiger partial charge in [-0.05, 0) is 43.0 Å². The highest BCUT2D eigenvalue weighted by Gasteiger charge is 2.45. The molecule has 0 aromatic heterocycles. The summed E-state index contributed by atoms with van der Waals surface area (Å²) in [6, 6.07) is 11.2. The molecule has 0 radical (unpaired) electrons. The Balaban J connectivity index is 2.20. The number of nitrogens with zero attached hydrogens (tertiary/aromatic N) is 1. The number of ketones is 1. The minimum absolute atomic E-state index is 0.0664. The van der Waals surface area contributed by atoms with Crippen LogP contribution < -0.4 is 9.47 Å². The Hall–Kier alpha value is -2.23. The molecule has 178 valence electrons. The molecule has 0 bridgehead atoms. The first kappa shape index (κ1) is 25.4. The number of rotatable bonds is 10. The van der Waals surface area contributed by atoms with E-state index in [2.05, 4.69) is 15.9 Å². The minimum Gasteiger partial charge on any atom is -0.493 e. The van der Waals surface area contributed by atoms with Gasteiger partial charge < -0.3 is 19.1 Å². The number of sulfonamides is 1. The van der Waals surface area contributed by atoms with Crippen LogP contribution in [0.3, 0.4) is 0 Å². The maximum absolute atomic E-state index is 13.7. The number of halogens is 1. The molecular formula is C24H28BrNO6S. The molecule has 0 saturated carbocycles. The summed E-state index contributed by atoms with van der Waals surface area (Å²) in [7, 11) is -0.854. The highest BCUT2D eigenvalue weighted by Crippen LogP contribution is 2.47. The van der Waals surface area contributed by atoms with Crippen LogP contribution in [0.25, 0.3) is 0 Å². The van der Waals surface area contributed by atoms with Crippen LogP contribution in [0.1, 0.15) is 30.4 Å². The van der Waals surface area contributed by atoms with E-state index in [1.54, 1.807) is 36.4 Å². The third-order valence-electron chi connectivity index (χ3n) is 6.09. The smallest absolute Gasteiger partial charge is 0.243 e. The molecule has 1 aliphatic carbocycles. The Kier molecular flexibility index (Phi) is 8.31. The third kappa shape index (κ3) is 5.00. The van der Waals surface area contributed by atoms with E-state index in [1.165, 1.54) is 25.4 Å². The summed E-state index contributed by atoms with van der Waals surface area (Å²) in [5.74, 6) is -0.463. The van der Waals surface area contributed by atoms with Gasteiger partial charge in [0.15, 0.2) is 11.5 Å². The van der Waals surface area contributed by atoms with Crippen LogP contribution in [0.2, 0.25) is 0 Å².